The summed E-state index contributed by atoms with van der Waals surface area (Å²) in [6.07, 6.45) is 12.1. The molecule has 5 nitrogen and oxygen atoms in total. The molecule has 2 aliphatic heterocycles. The van der Waals surface area contributed by atoms with Gasteiger partial charge in [0.25, 0.3) is 0 Å². The number of nitrogens with two attached hydrogens (primary N) is 1. The Bertz CT molecular complexity index is 894. The summed E-state index contributed by atoms with van der Waals surface area (Å²) in [6, 6.07) is 9.25. The number of amides is 1. The van der Waals surface area contributed by atoms with Crippen LogP contribution in [0.15, 0.2) is 58.8 Å². The summed E-state index contributed by atoms with van der Waals surface area (Å²) >= 11 is 0. The number of carbonyl (C=O) groups excluding carboxylic acids is 1. The lowest BCUT2D eigenvalue weighted by atomic mass is 10.00. The van der Waals surface area contributed by atoms with E-state index in [1.54, 1.807) is 6.08 Å². The van der Waals surface area contributed by atoms with E-state index in [4.69, 9.17) is 10.7 Å². The Morgan fingerprint density at radius 2 is 2.07 bits per heavy atom. The number of allylic oxidation sites excluding steroid dienone is 2. The van der Waals surface area contributed by atoms with Gasteiger partial charge in [0.05, 0.1) is 6.04 Å². The molecule has 1 aromatic rings. The van der Waals surface area contributed by atoms with E-state index < -0.39 is 5.91 Å². The predicted molar refractivity (Wildman–Crippen MR) is 118 cm³/mol. The van der Waals surface area contributed by atoms with Gasteiger partial charge in [-0.2, -0.15) is 0 Å². The molecular weight excluding hydrogens is 360 g/mol. The highest BCUT2D eigenvalue weighted by atomic mass is 16.1. The first-order valence-electron chi connectivity index (χ1n) is 10.5. The maximum absolute atomic E-state index is 10.9. The minimum atomic E-state index is -0.419. The summed E-state index contributed by atoms with van der Waals surface area (Å²) in [7, 11) is 2.15. The molecule has 2 N–H and O–H groups in total. The Balaban J connectivity index is 1.38. The van der Waals surface area contributed by atoms with Gasteiger partial charge in [0, 0.05) is 37.8 Å². The number of likely N-dealkylation sites (N-methyl/N-ethyl adjacent to an activating group) is 1. The summed E-state index contributed by atoms with van der Waals surface area (Å²) in [5, 5.41) is 0. The molecule has 2 unspecified atom stereocenters. The van der Waals surface area contributed by atoms with Crippen LogP contribution in [0.4, 0.5) is 0 Å². The van der Waals surface area contributed by atoms with E-state index in [9.17, 15) is 4.79 Å². The van der Waals surface area contributed by atoms with Crippen molar-refractivity contribution in [3.8, 4) is 0 Å². The first-order valence-corrected chi connectivity index (χ1v) is 10.5. The molecule has 5 heteroatoms. The number of carbonyl (C=O) groups is 1. The van der Waals surface area contributed by atoms with Crippen molar-refractivity contribution in [1.29, 1.82) is 0 Å². The third-order valence-corrected chi connectivity index (χ3v) is 6.22. The van der Waals surface area contributed by atoms with Crippen molar-refractivity contribution in [1.82, 2.24) is 9.80 Å². The number of likely N-dealkylation sites (tertiary alicyclic amines) is 1. The Morgan fingerprint density at radius 3 is 2.83 bits per heavy atom. The fourth-order valence-electron chi connectivity index (χ4n) is 4.63. The zero-order chi connectivity index (χ0) is 20.4. The molecule has 152 valence electrons. The summed E-state index contributed by atoms with van der Waals surface area (Å²) in [6.45, 7) is 4.35. The third kappa shape index (κ3) is 4.35. The number of amidine groups is 1. The van der Waals surface area contributed by atoms with Crippen molar-refractivity contribution in [3.05, 3.63) is 64.9 Å². The molecule has 1 fully saturated rings. The summed E-state index contributed by atoms with van der Waals surface area (Å²) in [4.78, 5) is 20.8. The van der Waals surface area contributed by atoms with E-state index >= 15 is 0 Å². The monoisotopic (exact) mass is 390 g/mol. The summed E-state index contributed by atoms with van der Waals surface area (Å²) < 4.78 is 0. The maximum atomic E-state index is 10.9. The maximum Gasteiger partial charge on any atom is 0.241 e. The number of fused-ring (bicyclic) bond motifs is 1. The zero-order valence-electron chi connectivity index (χ0n) is 17.3. The molecule has 1 saturated heterocycles. The van der Waals surface area contributed by atoms with Gasteiger partial charge in [0.1, 0.15) is 5.84 Å². The number of hydrogen-bond donors (Lipinski definition) is 1. The molecule has 0 radical (unpaired) electrons. The van der Waals surface area contributed by atoms with Gasteiger partial charge < -0.3 is 10.6 Å². The lowest BCUT2D eigenvalue weighted by Gasteiger charge is -2.26. The van der Waals surface area contributed by atoms with E-state index in [2.05, 4.69) is 60.2 Å². The van der Waals surface area contributed by atoms with Gasteiger partial charge in [-0.3, -0.25) is 14.7 Å². The second-order valence-corrected chi connectivity index (χ2v) is 8.28. The van der Waals surface area contributed by atoms with Crippen LogP contribution >= 0.6 is 0 Å². The number of nitrogens with zero attached hydrogens (tertiary/aromatic N) is 3. The summed E-state index contributed by atoms with van der Waals surface area (Å²) in [5.74, 6) is 0.791. The van der Waals surface area contributed by atoms with Gasteiger partial charge in [0.2, 0.25) is 5.91 Å². The van der Waals surface area contributed by atoms with Crippen LogP contribution in [0, 0.1) is 0 Å². The highest BCUT2D eigenvalue weighted by Crippen LogP contribution is 2.34. The van der Waals surface area contributed by atoms with Crippen molar-refractivity contribution in [2.24, 2.45) is 10.7 Å². The first-order chi connectivity index (χ1) is 14.0. The molecule has 0 aromatic heterocycles. The van der Waals surface area contributed by atoms with Crippen LogP contribution in [0.2, 0.25) is 0 Å². The van der Waals surface area contributed by atoms with Crippen LogP contribution in [-0.2, 0) is 4.79 Å². The van der Waals surface area contributed by atoms with E-state index in [1.165, 1.54) is 41.6 Å². The number of benzene rings is 1. The minimum Gasteiger partial charge on any atom is -0.366 e. The van der Waals surface area contributed by atoms with Gasteiger partial charge in [-0.1, -0.05) is 35.9 Å². The topological polar surface area (TPSA) is 61.9 Å². The van der Waals surface area contributed by atoms with Crippen molar-refractivity contribution in [2.75, 3.05) is 20.1 Å². The summed E-state index contributed by atoms with van der Waals surface area (Å²) in [5.41, 5.74) is 10.3. The number of aliphatic imine (C=N–C) groups is 1. The molecule has 0 bridgehead atoms. The second kappa shape index (κ2) is 8.37. The van der Waals surface area contributed by atoms with Crippen LogP contribution in [-0.4, -0.2) is 47.7 Å². The van der Waals surface area contributed by atoms with Crippen LogP contribution in [0.1, 0.15) is 49.8 Å². The van der Waals surface area contributed by atoms with E-state index in [0.717, 1.165) is 31.5 Å². The SMILES string of the molecule is CC1=CC=C2C(C1)N=C(CCN1CCCC1c1ccc(C=CC(N)=O)cc1)N2C. The van der Waals surface area contributed by atoms with Crippen molar-refractivity contribution in [2.45, 2.75) is 44.7 Å². The average molecular weight is 391 g/mol. The fraction of sp³-hybridized carbons (Fsp3) is 0.417. The lowest BCUT2D eigenvalue weighted by Crippen LogP contribution is -2.30. The molecule has 0 saturated carbocycles. The number of primary amides is 1. The van der Waals surface area contributed by atoms with Gasteiger partial charge in [0.15, 0.2) is 0 Å². The predicted octanol–water partition coefficient (Wildman–Crippen LogP) is 3.66. The average Bonchev–Trinajstić information content (AvgIpc) is 3.29. The van der Waals surface area contributed by atoms with Gasteiger partial charge in [-0.25, -0.2) is 0 Å². The second-order valence-electron chi connectivity index (χ2n) is 8.28. The highest BCUT2D eigenvalue weighted by Gasteiger charge is 2.31. The number of rotatable bonds is 6. The molecule has 29 heavy (non-hydrogen) atoms. The molecule has 1 amide bonds. The van der Waals surface area contributed by atoms with E-state index in [0.29, 0.717) is 12.1 Å². The number of hydrogen-bond acceptors (Lipinski definition) is 4. The minimum absolute atomic E-state index is 0.315. The molecule has 2 atom stereocenters. The first kappa shape index (κ1) is 19.6. The molecule has 4 rings (SSSR count). The van der Waals surface area contributed by atoms with Crippen LogP contribution in [0.5, 0.6) is 0 Å². The molecular formula is C24H30N4O. The van der Waals surface area contributed by atoms with Crippen molar-refractivity contribution in [3.63, 3.8) is 0 Å². The van der Waals surface area contributed by atoms with Crippen molar-refractivity contribution < 1.29 is 4.79 Å². The Morgan fingerprint density at radius 1 is 1.28 bits per heavy atom. The van der Waals surface area contributed by atoms with E-state index in [-0.39, 0.29) is 0 Å². The molecule has 1 aromatic carbocycles. The van der Waals surface area contributed by atoms with E-state index in [1.807, 2.05) is 0 Å². The Labute approximate surface area is 173 Å². The Kier molecular flexibility index (Phi) is 5.67. The Hall–Kier alpha value is -2.66. The largest absolute Gasteiger partial charge is 0.366 e. The van der Waals surface area contributed by atoms with Crippen molar-refractivity contribution >= 4 is 17.8 Å². The third-order valence-electron chi connectivity index (χ3n) is 6.22. The normalized spacial score (nSPS) is 24.5. The van der Waals surface area contributed by atoms with Gasteiger partial charge >= 0.3 is 0 Å². The van der Waals surface area contributed by atoms with Crippen LogP contribution in [0.25, 0.3) is 6.08 Å². The highest BCUT2D eigenvalue weighted by molar-refractivity contribution is 5.90. The van der Waals surface area contributed by atoms with Crippen LogP contribution < -0.4 is 5.73 Å². The van der Waals surface area contributed by atoms with Gasteiger partial charge in [-0.05, 0) is 56.0 Å². The standard InChI is InChI=1S/C24H30N4O/c1-17-5-11-22-20(16-17)26-24(27(22)2)13-15-28-14-3-4-21(28)19-9-6-18(7-10-19)8-12-23(25)29/h5-12,20-21H,3-4,13-16H2,1-2H3,(H2,25,29). The lowest BCUT2D eigenvalue weighted by molar-refractivity contribution is -0.113. The zero-order valence-corrected chi connectivity index (χ0v) is 17.3. The molecule has 3 aliphatic rings. The quantitative estimate of drug-likeness (QED) is 0.754. The fourth-order valence-corrected chi connectivity index (χ4v) is 4.63. The smallest absolute Gasteiger partial charge is 0.241 e. The molecule has 2 heterocycles. The van der Waals surface area contributed by atoms with Crippen LogP contribution in [0.3, 0.4) is 0 Å². The van der Waals surface area contributed by atoms with Gasteiger partial charge in [-0.15, -0.1) is 0 Å². The molecule has 1 aliphatic carbocycles. The molecule has 0 spiro atoms.